The summed E-state index contributed by atoms with van der Waals surface area (Å²) in [5, 5.41) is 3.76. The average Bonchev–Trinajstić information content (AvgIpc) is 2.42. The molecule has 0 amide bonds. The van der Waals surface area contributed by atoms with Gasteiger partial charge in [0.2, 0.25) is 0 Å². The molecule has 0 bridgehead atoms. The number of anilines is 1. The van der Waals surface area contributed by atoms with E-state index in [0.717, 1.165) is 11.3 Å². The van der Waals surface area contributed by atoms with Crippen molar-refractivity contribution in [3.63, 3.8) is 0 Å². The van der Waals surface area contributed by atoms with Crippen molar-refractivity contribution in [3.8, 4) is 5.75 Å². The van der Waals surface area contributed by atoms with Gasteiger partial charge in [0.25, 0.3) is 0 Å². The predicted molar refractivity (Wildman–Crippen MR) is 88.6 cm³/mol. The standard InChI is InChI=1S/C16H16BrClFNO/c1-10(2)21-16-6-4-12(8-14(16)18)20-9-11-3-5-13(17)15(19)7-11/h3-8,10,20H,9H2,1-2H3. The summed E-state index contributed by atoms with van der Waals surface area (Å²) >= 11 is 9.31. The summed E-state index contributed by atoms with van der Waals surface area (Å²) in [5.74, 6) is 0.389. The van der Waals surface area contributed by atoms with Gasteiger partial charge in [0.15, 0.2) is 0 Å². The van der Waals surface area contributed by atoms with E-state index in [-0.39, 0.29) is 11.9 Å². The molecule has 0 atom stereocenters. The van der Waals surface area contributed by atoms with Crippen LogP contribution in [0, 0.1) is 5.82 Å². The number of nitrogens with one attached hydrogen (secondary N) is 1. The van der Waals surface area contributed by atoms with E-state index in [9.17, 15) is 4.39 Å². The number of rotatable bonds is 5. The lowest BCUT2D eigenvalue weighted by atomic mass is 10.2. The third-order valence-corrected chi connectivity index (χ3v) is 3.71. The molecule has 0 aromatic heterocycles. The van der Waals surface area contributed by atoms with Gasteiger partial charge < -0.3 is 10.1 Å². The fourth-order valence-electron chi connectivity index (χ4n) is 1.81. The zero-order valence-corrected chi connectivity index (χ0v) is 14.1. The molecule has 0 spiro atoms. The molecule has 0 fully saturated rings. The topological polar surface area (TPSA) is 21.3 Å². The molecular weight excluding hydrogens is 357 g/mol. The Labute approximate surface area is 137 Å². The summed E-state index contributed by atoms with van der Waals surface area (Å²) in [4.78, 5) is 0. The average molecular weight is 373 g/mol. The molecule has 0 aliphatic carbocycles. The van der Waals surface area contributed by atoms with Crippen LogP contribution in [-0.2, 0) is 6.54 Å². The van der Waals surface area contributed by atoms with E-state index in [1.54, 1.807) is 12.1 Å². The first-order valence-corrected chi connectivity index (χ1v) is 7.77. The van der Waals surface area contributed by atoms with Gasteiger partial charge in [-0.1, -0.05) is 17.7 Å². The Kier molecular flexibility index (Phi) is 5.48. The van der Waals surface area contributed by atoms with E-state index in [1.807, 2.05) is 32.0 Å². The second kappa shape index (κ2) is 7.14. The fourth-order valence-corrected chi connectivity index (χ4v) is 2.29. The Morgan fingerprint density at radius 2 is 2.00 bits per heavy atom. The predicted octanol–water partition coefficient (Wildman–Crippen LogP) is 5.64. The van der Waals surface area contributed by atoms with Crippen LogP contribution in [-0.4, -0.2) is 6.10 Å². The number of hydrogen-bond acceptors (Lipinski definition) is 2. The second-order valence-electron chi connectivity index (χ2n) is 4.91. The maximum absolute atomic E-state index is 13.4. The quantitative estimate of drug-likeness (QED) is 0.733. The molecule has 0 saturated carbocycles. The Morgan fingerprint density at radius 3 is 2.62 bits per heavy atom. The molecule has 21 heavy (non-hydrogen) atoms. The van der Waals surface area contributed by atoms with Crippen LogP contribution in [0.2, 0.25) is 5.02 Å². The molecule has 2 aromatic carbocycles. The Bertz CT molecular complexity index is 634. The minimum absolute atomic E-state index is 0.0760. The van der Waals surface area contributed by atoms with Crippen LogP contribution in [0.15, 0.2) is 40.9 Å². The minimum Gasteiger partial charge on any atom is -0.489 e. The summed E-state index contributed by atoms with van der Waals surface area (Å²) in [6.07, 6.45) is 0.0760. The lowest BCUT2D eigenvalue weighted by Gasteiger charge is -2.13. The van der Waals surface area contributed by atoms with Crippen LogP contribution < -0.4 is 10.1 Å². The second-order valence-corrected chi connectivity index (χ2v) is 6.18. The van der Waals surface area contributed by atoms with Gasteiger partial charge in [-0.15, -0.1) is 0 Å². The number of benzene rings is 2. The zero-order chi connectivity index (χ0) is 15.4. The molecule has 0 radical (unpaired) electrons. The van der Waals surface area contributed by atoms with Gasteiger partial charge in [-0.3, -0.25) is 0 Å². The largest absolute Gasteiger partial charge is 0.489 e. The normalized spacial score (nSPS) is 10.8. The lowest BCUT2D eigenvalue weighted by molar-refractivity contribution is 0.242. The smallest absolute Gasteiger partial charge is 0.138 e. The van der Waals surface area contributed by atoms with Crippen LogP contribution in [0.5, 0.6) is 5.75 Å². The Hall–Kier alpha value is -1.26. The van der Waals surface area contributed by atoms with Gasteiger partial charge in [-0.05, 0) is 65.7 Å². The van der Waals surface area contributed by atoms with E-state index in [1.165, 1.54) is 6.07 Å². The van der Waals surface area contributed by atoms with E-state index >= 15 is 0 Å². The molecule has 2 aromatic rings. The maximum atomic E-state index is 13.4. The number of hydrogen-bond donors (Lipinski definition) is 1. The first-order valence-electron chi connectivity index (χ1n) is 6.59. The van der Waals surface area contributed by atoms with E-state index < -0.39 is 0 Å². The van der Waals surface area contributed by atoms with Crippen molar-refractivity contribution >= 4 is 33.2 Å². The highest BCUT2D eigenvalue weighted by Gasteiger charge is 2.06. The van der Waals surface area contributed by atoms with Gasteiger partial charge in [-0.25, -0.2) is 4.39 Å². The van der Waals surface area contributed by atoms with Gasteiger partial charge in [0.1, 0.15) is 11.6 Å². The zero-order valence-electron chi connectivity index (χ0n) is 11.8. The highest BCUT2D eigenvalue weighted by molar-refractivity contribution is 9.10. The summed E-state index contributed by atoms with van der Waals surface area (Å²) in [5.41, 5.74) is 1.72. The Morgan fingerprint density at radius 1 is 1.24 bits per heavy atom. The molecular formula is C16H16BrClFNO. The summed E-state index contributed by atoms with van der Waals surface area (Å²) in [6, 6.07) is 10.6. The molecule has 1 N–H and O–H groups in total. The van der Waals surface area contributed by atoms with Gasteiger partial charge >= 0.3 is 0 Å². The third kappa shape index (κ3) is 4.61. The first kappa shape index (κ1) is 16.1. The minimum atomic E-state index is -0.270. The van der Waals surface area contributed by atoms with Crippen LogP contribution in [0.25, 0.3) is 0 Å². The van der Waals surface area contributed by atoms with E-state index in [2.05, 4.69) is 21.2 Å². The summed E-state index contributed by atoms with van der Waals surface area (Å²) in [6.45, 7) is 4.42. The molecule has 5 heteroatoms. The molecule has 0 unspecified atom stereocenters. The molecule has 112 valence electrons. The van der Waals surface area contributed by atoms with E-state index in [0.29, 0.717) is 21.8 Å². The lowest BCUT2D eigenvalue weighted by Crippen LogP contribution is -2.06. The summed E-state index contributed by atoms with van der Waals surface area (Å²) in [7, 11) is 0. The van der Waals surface area contributed by atoms with Crippen molar-refractivity contribution in [1.29, 1.82) is 0 Å². The van der Waals surface area contributed by atoms with Crippen molar-refractivity contribution in [2.24, 2.45) is 0 Å². The van der Waals surface area contributed by atoms with Crippen LogP contribution in [0.4, 0.5) is 10.1 Å². The highest BCUT2D eigenvalue weighted by atomic mass is 79.9. The van der Waals surface area contributed by atoms with Crippen molar-refractivity contribution in [2.75, 3.05) is 5.32 Å². The van der Waals surface area contributed by atoms with E-state index in [4.69, 9.17) is 16.3 Å². The summed E-state index contributed by atoms with van der Waals surface area (Å²) < 4.78 is 19.5. The van der Waals surface area contributed by atoms with Gasteiger partial charge in [-0.2, -0.15) is 0 Å². The monoisotopic (exact) mass is 371 g/mol. The van der Waals surface area contributed by atoms with Crippen LogP contribution in [0.3, 0.4) is 0 Å². The van der Waals surface area contributed by atoms with Crippen molar-refractivity contribution in [1.82, 2.24) is 0 Å². The van der Waals surface area contributed by atoms with Gasteiger partial charge in [0.05, 0.1) is 15.6 Å². The van der Waals surface area contributed by atoms with Crippen molar-refractivity contribution in [3.05, 3.63) is 57.3 Å². The number of halogens is 3. The first-order chi connectivity index (χ1) is 9.95. The third-order valence-electron chi connectivity index (χ3n) is 2.78. The van der Waals surface area contributed by atoms with Crippen LogP contribution >= 0.6 is 27.5 Å². The van der Waals surface area contributed by atoms with Crippen molar-refractivity contribution < 1.29 is 9.13 Å². The van der Waals surface area contributed by atoms with Gasteiger partial charge in [0, 0.05) is 12.2 Å². The fraction of sp³-hybridized carbons (Fsp3) is 0.250. The number of ether oxygens (including phenoxy) is 1. The molecule has 0 heterocycles. The molecule has 0 aliphatic heterocycles. The maximum Gasteiger partial charge on any atom is 0.138 e. The highest BCUT2D eigenvalue weighted by Crippen LogP contribution is 2.28. The van der Waals surface area contributed by atoms with Crippen LogP contribution in [0.1, 0.15) is 19.4 Å². The molecule has 2 rings (SSSR count). The molecule has 2 nitrogen and oxygen atoms in total. The van der Waals surface area contributed by atoms with Crippen molar-refractivity contribution in [2.45, 2.75) is 26.5 Å². The molecule has 0 saturated heterocycles. The SMILES string of the molecule is CC(C)Oc1ccc(NCc2ccc(Br)c(F)c2)cc1Cl. The molecule has 0 aliphatic rings. The Balaban J connectivity index is 2.03.